The van der Waals surface area contributed by atoms with Crippen LogP contribution in [0.4, 0.5) is 5.69 Å². The largest absolute Gasteiger partial charge is 0.339 e. The molecule has 0 N–H and O–H groups in total. The summed E-state index contributed by atoms with van der Waals surface area (Å²) < 4.78 is 26.5. The monoisotopic (exact) mass is 344 g/mol. The van der Waals surface area contributed by atoms with Gasteiger partial charge in [0.2, 0.25) is 0 Å². The minimum Gasteiger partial charge on any atom is -0.339 e. The van der Waals surface area contributed by atoms with Gasteiger partial charge in [0.25, 0.3) is 15.9 Å². The summed E-state index contributed by atoms with van der Waals surface area (Å²) in [6.07, 6.45) is 0. The van der Waals surface area contributed by atoms with Gasteiger partial charge in [-0.15, -0.1) is 0 Å². The highest BCUT2D eigenvalue weighted by atomic mass is 32.2. The van der Waals surface area contributed by atoms with Crippen LogP contribution in [0.1, 0.15) is 24.2 Å². The van der Waals surface area contributed by atoms with Crippen molar-refractivity contribution in [2.75, 3.05) is 24.4 Å². The van der Waals surface area contributed by atoms with E-state index in [1.165, 1.54) is 11.4 Å². The predicted octanol–water partition coefficient (Wildman–Crippen LogP) is 2.97. The van der Waals surface area contributed by atoms with E-state index in [0.29, 0.717) is 29.9 Å². The zero-order valence-electron chi connectivity index (χ0n) is 14.0. The molecule has 0 saturated carbocycles. The summed E-state index contributed by atoms with van der Waals surface area (Å²) in [6, 6.07) is 12.1. The molecule has 24 heavy (non-hydrogen) atoms. The predicted molar refractivity (Wildman–Crippen MR) is 94.7 cm³/mol. The maximum atomic E-state index is 12.6. The van der Waals surface area contributed by atoms with Crippen LogP contribution in [0.15, 0.2) is 47.4 Å². The number of amides is 1. The van der Waals surface area contributed by atoms with E-state index in [1.54, 1.807) is 41.3 Å². The molecule has 1 heterocycles. The van der Waals surface area contributed by atoms with Crippen LogP contribution in [-0.4, -0.2) is 39.4 Å². The molecule has 0 spiro atoms. The number of nitrogens with zero attached hydrogens (tertiary/aromatic N) is 2. The van der Waals surface area contributed by atoms with Crippen molar-refractivity contribution in [3.05, 3.63) is 48.0 Å². The molecule has 5 nitrogen and oxygen atoms in total. The van der Waals surface area contributed by atoms with E-state index in [4.69, 9.17) is 0 Å². The van der Waals surface area contributed by atoms with Crippen molar-refractivity contribution in [2.24, 2.45) is 0 Å². The van der Waals surface area contributed by atoms with Crippen LogP contribution in [0.2, 0.25) is 0 Å². The highest BCUT2D eigenvalue weighted by Crippen LogP contribution is 2.42. The normalized spacial score (nSPS) is 14.7. The molecule has 0 fully saturated rings. The van der Waals surface area contributed by atoms with Crippen molar-refractivity contribution in [3.63, 3.8) is 0 Å². The van der Waals surface area contributed by atoms with Crippen LogP contribution in [0.5, 0.6) is 0 Å². The van der Waals surface area contributed by atoms with Crippen LogP contribution >= 0.6 is 0 Å². The van der Waals surface area contributed by atoms with Crippen LogP contribution in [-0.2, 0) is 10.0 Å². The molecule has 0 unspecified atom stereocenters. The first-order chi connectivity index (χ1) is 11.4. The van der Waals surface area contributed by atoms with Gasteiger partial charge in [0.05, 0.1) is 10.6 Å². The van der Waals surface area contributed by atoms with Crippen molar-refractivity contribution >= 4 is 21.6 Å². The van der Waals surface area contributed by atoms with Crippen molar-refractivity contribution in [3.8, 4) is 11.1 Å². The number of sulfonamides is 1. The number of rotatable bonds is 3. The first-order valence-corrected chi connectivity index (χ1v) is 9.37. The van der Waals surface area contributed by atoms with Gasteiger partial charge < -0.3 is 4.90 Å². The van der Waals surface area contributed by atoms with E-state index in [2.05, 4.69) is 0 Å². The summed E-state index contributed by atoms with van der Waals surface area (Å²) in [4.78, 5) is 14.6. The van der Waals surface area contributed by atoms with E-state index in [0.717, 1.165) is 5.56 Å². The fourth-order valence-corrected chi connectivity index (χ4v) is 4.46. The lowest BCUT2D eigenvalue weighted by atomic mass is 10.00. The molecule has 1 amide bonds. The zero-order chi connectivity index (χ0) is 17.5. The number of hydrogen-bond donors (Lipinski definition) is 0. The lowest BCUT2D eigenvalue weighted by molar-refractivity contribution is 0.0773. The van der Waals surface area contributed by atoms with Gasteiger partial charge in [-0.05, 0) is 38.1 Å². The SMILES string of the molecule is CCN(CC)C(=O)c1ccc2c(c1)-c1ccccc1S(=O)(=O)N2C. The molecule has 1 aliphatic rings. The molecular weight excluding hydrogens is 324 g/mol. The molecule has 2 aromatic carbocycles. The fourth-order valence-electron chi connectivity index (χ4n) is 3.04. The quantitative estimate of drug-likeness (QED) is 0.860. The second-order valence-electron chi connectivity index (χ2n) is 5.68. The molecule has 0 atom stereocenters. The third-order valence-electron chi connectivity index (χ3n) is 4.45. The summed E-state index contributed by atoms with van der Waals surface area (Å²) in [6.45, 7) is 5.15. The topological polar surface area (TPSA) is 57.7 Å². The maximum absolute atomic E-state index is 12.6. The zero-order valence-corrected chi connectivity index (χ0v) is 14.8. The number of carbonyl (C=O) groups excluding carboxylic acids is 1. The Balaban J connectivity index is 2.20. The van der Waals surface area contributed by atoms with E-state index in [-0.39, 0.29) is 10.8 Å². The number of anilines is 1. The first kappa shape index (κ1) is 16.5. The Morgan fingerprint density at radius 1 is 1.04 bits per heavy atom. The minimum absolute atomic E-state index is 0.0450. The second kappa shape index (κ2) is 5.94. The van der Waals surface area contributed by atoms with Crippen molar-refractivity contribution in [2.45, 2.75) is 18.7 Å². The van der Waals surface area contributed by atoms with Gasteiger partial charge in [-0.3, -0.25) is 9.10 Å². The number of benzene rings is 2. The first-order valence-electron chi connectivity index (χ1n) is 7.93. The van der Waals surface area contributed by atoms with E-state index in [9.17, 15) is 13.2 Å². The van der Waals surface area contributed by atoms with Gasteiger partial charge in [-0.25, -0.2) is 8.42 Å². The summed E-state index contributed by atoms with van der Waals surface area (Å²) in [5, 5.41) is 0. The highest BCUT2D eigenvalue weighted by Gasteiger charge is 2.32. The van der Waals surface area contributed by atoms with Crippen molar-refractivity contribution in [1.82, 2.24) is 4.90 Å². The van der Waals surface area contributed by atoms with Gasteiger partial charge in [-0.2, -0.15) is 0 Å². The standard InChI is InChI=1S/C18H20N2O3S/c1-4-20(5-2)18(21)13-10-11-16-15(12-13)14-8-6-7-9-17(14)24(22,23)19(16)3/h6-12H,4-5H2,1-3H3. The lowest BCUT2D eigenvalue weighted by Gasteiger charge is -2.29. The Labute approximate surface area is 142 Å². The molecule has 0 aromatic heterocycles. The smallest absolute Gasteiger partial charge is 0.264 e. The van der Waals surface area contributed by atoms with E-state index in [1.807, 2.05) is 19.9 Å². The van der Waals surface area contributed by atoms with Crippen LogP contribution in [0.3, 0.4) is 0 Å². The molecule has 126 valence electrons. The Bertz CT molecular complexity index is 902. The molecule has 0 aliphatic carbocycles. The summed E-state index contributed by atoms with van der Waals surface area (Å²) in [7, 11) is -2.02. The summed E-state index contributed by atoms with van der Waals surface area (Å²) >= 11 is 0. The number of carbonyl (C=O) groups is 1. The molecule has 0 radical (unpaired) electrons. The molecule has 1 aliphatic heterocycles. The van der Waals surface area contributed by atoms with Gasteiger partial charge in [-0.1, -0.05) is 18.2 Å². The van der Waals surface area contributed by atoms with E-state index < -0.39 is 10.0 Å². The van der Waals surface area contributed by atoms with Gasteiger partial charge >= 0.3 is 0 Å². The minimum atomic E-state index is -3.55. The fraction of sp³-hybridized carbons (Fsp3) is 0.278. The third kappa shape index (κ3) is 2.38. The van der Waals surface area contributed by atoms with Crippen LogP contribution in [0, 0.1) is 0 Å². The summed E-state index contributed by atoms with van der Waals surface area (Å²) in [5.74, 6) is -0.0450. The second-order valence-corrected chi connectivity index (χ2v) is 7.62. The maximum Gasteiger partial charge on any atom is 0.264 e. The Morgan fingerprint density at radius 2 is 1.71 bits per heavy atom. The van der Waals surface area contributed by atoms with Gasteiger partial charge in [0.15, 0.2) is 0 Å². The van der Waals surface area contributed by atoms with Crippen molar-refractivity contribution in [1.29, 1.82) is 0 Å². The number of fused-ring (bicyclic) bond motifs is 3. The number of hydrogen-bond acceptors (Lipinski definition) is 3. The van der Waals surface area contributed by atoms with Gasteiger partial charge in [0.1, 0.15) is 0 Å². The highest BCUT2D eigenvalue weighted by molar-refractivity contribution is 7.93. The molecule has 3 rings (SSSR count). The van der Waals surface area contributed by atoms with Crippen LogP contribution < -0.4 is 4.31 Å². The average Bonchev–Trinajstić information content (AvgIpc) is 2.60. The Morgan fingerprint density at radius 3 is 2.38 bits per heavy atom. The molecule has 6 heteroatoms. The molecule has 0 bridgehead atoms. The Hall–Kier alpha value is -2.34. The van der Waals surface area contributed by atoms with Gasteiger partial charge in [0, 0.05) is 36.8 Å². The lowest BCUT2D eigenvalue weighted by Crippen LogP contribution is -2.32. The molecular formula is C18H20N2O3S. The molecule has 0 saturated heterocycles. The van der Waals surface area contributed by atoms with Crippen molar-refractivity contribution < 1.29 is 13.2 Å². The summed E-state index contributed by atoms with van der Waals surface area (Å²) in [5.41, 5.74) is 2.56. The van der Waals surface area contributed by atoms with E-state index >= 15 is 0 Å². The average molecular weight is 344 g/mol. The molecule has 2 aromatic rings. The van der Waals surface area contributed by atoms with Crippen LogP contribution in [0.25, 0.3) is 11.1 Å². The Kier molecular flexibility index (Phi) is 4.09. The third-order valence-corrected chi connectivity index (χ3v) is 6.28.